The lowest BCUT2D eigenvalue weighted by Gasteiger charge is -2.25. The van der Waals surface area contributed by atoms with Crippen LogP contribution in [0.5, 0.6) is 0 Å². The van der Waals surface area contributed by atoms with Gasteiger partial charge < -0.3 is 10.0 Å². The highest BCUT2D eigenvalue weighted by atomic mass is 16.3. The van der Waals surface area contributed by atoms with Crippen LogP contribution in [0.4, 0.5) is 11.4 Å². The van der Waals surface area contributed by atoms with E-state index in [-0.39, 0.29) is 0 Å². The average Bonchev–Trinajstić information content (AvgIpc) is 2.38. The number of para-hydroxylation sites is 2. The second-order valence-corrected chi connectivity index (χ2v) is 4.58. The molecule has 0 saturated carbocycles. The second kappa shape index (κ2) is 5.23. The maximum absolute atomic E-state index is 9.84. The molecular weight excluding hydrogens is 222 g/mol. The third-order valence-corrected chi connectivity index (χ3v) is 3.23. The smallest absolute Gasteiger partial charge is 0.0782 e. The van der Waals surface area contributed by atoms with Gasteiger partial charge in [0.05, 0.1) is 6.10 Å². The number of anilines is 2. The minimum atomic E-state index is -0.465. The first-order chi connectivity index (χ1) is 8.61. The highest BCUT2D eigenvalue weighted by Gasteiger charge is 2.13. The fourth-order valence-corrected chi connectivity index (χ4v) is 2.22. The minimum Gasteiger partial charge on any atom is -0.389 e. The van der Waals surface area contributed by atoms with Crippen LogP contribution in [0.3, 0.4) is 0 Å². The van der Waals surface area contributed by atoms with E-state index in [9.17, 15) is 5.11 Å². The van der Waals surface area contributed by atoms with Gasteiger partial charge >= 0.3 is 0 Å². The van der Waals surface area contributed by atoms with Crippen LogP contribution in [-0.2, 0) is 0 Å². The lowest BCUT2D eigenvalue weighted by atomic mass is 10.1. The Bertz CT molecular complexity index is 534. The van der Waals surface area contributed by atoms with Crippen molar-refractivity contribution in [2.24, 2.45) is 0 Å². The third-order valence-electron chi connectivity index (χ3n) is 3.23. The summed E-state index contributed by atoms with van der Waals surface area (Å²) in [5.74, 6) is 0. The van der Waals surface area contributed by atoms with E-state index in [1.165, 1.54) is 5.56 Å². The van der Waals surface area contributed by atoms with Crippen LogP contribution >= 0.6 is 0 Å². The Hall–Kier alpha value is -1.80. The average molecular weight is 241 g/mol. The molecule has 0 aliphatic rings. The lowest BCUT2D eigenvalue weighted by molar-refractivity contribution is 0.200. The summed E-state index contributed by atoms with van der Waals surface area (Å²) >= 11 is 0. The van der Waals surface area contributed by atoms with Crippen LogP contribution in [0.2, 0.25) is 0 Å². The molecule has 18 heavy (non-hydrogen) atoms. The van der Waals surface area contributed by atoms with Crippen molar-refractivity contribution in [1.82, 2.24) is 0 Å². The van der Waals surface area contributed by atoms with E-state index in [0.29, 0.717) is 0 Å². The van der Waals surface area contributed by atoms with Gasteiger partial charge in [-0.05, 0) is 31.5 Å². The Morgan fingerprint density at radius 1 is 0.944 bits per heavy atom. The summed E-state index contributed by atoms with van der Waals surface area (Å²) in [6, 6.07) is 16.2. The van der Waals surface area contributed by atoms with Crippen molar-refractivity contribution in [2.45, 2.75) is 20.0 Å². The molecule has 2 nitrogen and oxygen atoms in total. The highest BCUT2D eigenvalue weighted by Crippen LogP contribution is 2.31. The topological polar surface area (TPSA) is 23.5 Å². The summed E-state index contributed by atoms with van der Waals surface area (Å²) in [4.78, 5) is 2.12. The predicted octanol–water partition coefficient (Wildman–Crippen LogP) is 3.82. The van der Waals surface area contributed by atoms with Gasteiger partial charge in [0.15, 0.2) is 0 Å². The summed E-state index contributed by atoms with van der Waals surface area (Å²) < 4.78 is 0. The van der Waals surface area contributed by atoms with Crippen molar-refractivity contribution in [3.63, 3.8) is 0 Å². The molecule has 0 heterocycles. The molecule has 2 heteroatoms. The Morgan fingerprint density at radius 2 is 1.50 bits per heavy atom. The van der Waals surface area contributed by atoms with E-state index in [0.717, 1.165) is 16.9 Å². The first kappa shape index (κ1) is 12.7. The van der Waals surface area contributed by atoms with Gasteiger partial charge in [-0.3, -0.25) is 0 Å². The zero-order valence-corrected chi connectivity index (χ0v) is 11.1. The summed E-state index contributed by atoms with van der Waals surface area (Å²) in [7, 11) is 2.03. The molecule has 1 atom stereocenters. The Kier molecular flexibility index (Phi) is 3.68. The molecule has 0 aromatic heterocycles. The van der Waals surface area contributed by atoms with Crippen LogP contribution in [0.15, 0.2) is 48.5 Å². The molecule has 94 valence electrons. The number of aliphatic hydroxyl groups is 1. The van der Waals surface area contributed by atoms with Crippen molar-refractivity contribution < 1.29 is 5.11 Å². The SMILES string of the molecule is Cc1ccccc1N(C)c1ccccc1C(C)O. The number of aryl methyl sites for hydroxylation is 1. The molecule has 1 N–H and O–H groups in total. The van der Waals surface area contributed by atoms with Crippen molar-refractivity contribution >= 4 is 11.4 Å². The molecule has 0 aliphatic carbocycles. The summed E-state index contributed by atoms with van der Waals surface area (Å²) in [6.07, 6.45) is -0.465. The Labute approximate surface area is 109 Å². The van der Waals surface area contributed by atoms with E-state index >= 15 is 0 Å². The maximum atomic E-state index is 9.84. The van der Waals surface area contributed by atoms with Gasteiger partial charge in [-0.1, -0.05) is 36.4 Å². The summed E-state index contributed by atoms with van der Waals surface area (Å²) in [6.45, 7) is 3.89. The van der Waals surface area contributed by atoms with Crippen LogP contribution in [-0.4, -0.2) is 12.2 Å². The van der Waals surface area contributed by atoms with Gasteiger partial charge in [0.2, 0.25) is 0 Å². The van der Waals surface area contributed by atoms with E-state index in [2.05, 4.69) is 24.0 Å². The molecule has 0 radical (unpaired) electrons. The van der Waals surface area contributed by atoms with Gasteiger partial charge in [0.1, 0.15) is 0 Å². The fraction of sp³-hybridized carbons (Fsp3) is 0.250. The first-order valence-corrected chi connectivity index (χ1v) is 6.17. The van der Waals surface area contributed by atoms with E-state index in [1.54, 1.807) is 6.92 Å². The molecule has 2 aromatic rings. The van der Waals surface area contributed by atoms with Crippen molar-refractivity contribution in [3.8, 4) is 0 Å². The molecule has 0 bridgehead atoms. The maximum Gasteiger partial charge on any atom is 0.0782 e. The zero-order chi connectivity index (χ0) is 13.1. The van der Waals surface area contributed by atoms with Crippen LogP contribution in [0.25, 0.3) is 0 Å². The lowest BCUT2D eigenvalue weighted by Crippen LogP contribution is -2.13. The monoisotopic (exact) mass is 241 g/mol. The van der Waals surface area contributed by atoms with E-state index in [1.807, 2.05) is 43.4 Å². The molecule has 1 unspecified atom stereocenters. The van der Waals surface area contributed by atoms with Gasteiger partial charge in [-0.15, -0.1) is 0 Å². The molecular formula is C16H19NO. The van der Waals surface area contributed by atoms with Crippen molar-refractivity contribution in [3.05, 3.63) is 59.7 Å². The van der Waals surface area contributed by atoms with Gasteiger partial charge in [0.25, 0.3) is 0 Å². The molecule has 2 rings (SSSR count). The normalized spacial score (nSPS) is 12.2. The molecule has 0 amide bonds. The van der Waals surface area contributed by atoms with Gasteiger partial charge in [0, 0.05) is 24.0 Å². The Morgan fingerprint density at radius 3 is 2.11 bits per heavy atom. The molecule has 0 aliphatic heterocycles. The summed E-state index contributed by atoms with van der Waals surface area (Å²) in [5.41, 5.74) is 4.37. The van der Waals surface area contributed by atoms with Crippen molar-refractivity contribution in [1.29, 1.82) is 0 Å². The molecule has 0 saturated heterocycles. The molecule has 2 aromatic carbocycles. The number of hydrogen-bond donors (Lipinski definition) is 1. The number of aliphatic hydroxyl groups excluding tert-OH is 1. The number of nitrogens with zero attached hydrogens (tertiary/aromatic N) is 1. The van der Waals surface area contributed by atoms with Crippen molar-refractivity contribution in [2.75, 3.05) is 11.9 Å². The Balaban J connectivity index is 2.46. The second-order valence-electron chi connectivity index (χ2n) is 4.58. The number of hydrogen-bond acceptors (Lipinski definition) is 2. The fourth-order valence-electron chi connectivity index (χ4n) is 2.22. The minimum absolute atomic E-state index is 0.465. The summed E-state index contributed by atoms with van der Waals surface area (Å²) in [5, 5.41) is 9.84. The standard InChI is InChI=1S/C16H19NO/c1-12-8-4-6-10-15(12)17(3)16-11-7-5-9-14(16)13(2)18/h4-11,13,18H,1-3H3. The van der Waals surface area contributed by atoms with Gasteiger partial charge in [-0.25, -0.2) is 0 Å². The van der Waals surface area contributed by atoms with E-state index < -0.39 is 6.10 Å². The molecule has 0 spiro atoms. The quantitative estimate of drug-likeness (QED) is 0.883. The van der Waals surface area contributed by atoms with Crippen LogP contribution in [0, 0.1) is 6.92 Å². The predicted molar refractivity (Wildman–Crippen MR) is 76.3 cm³/mol. The first-order valence-electron chi connectivity index (χ1n) is 6.17. The molecule has 0 fully saturated rings. The van der Waals surface area contributed by atoms with Crippen LogP contribution < -0.4 is 4.90 Å². The largest absolute Gasteiger partial charge is 0.389 e. The number of rotatable bonds is 3. The highest BCUT2D eigenvalue weighted by molar-refractivity contribution is 5.68. The van der Waals surface area contributed by atoms with Crippen LogP contribution in [0.1, 0.15) is 24.2 Å². The third kappa shape index (κ3) is 2.39. The van der Waals surface area contributed by atoms with E-state index in [4.69, 9.17) is 0 Å². The zero-order valence-electron chi connectivity index (χ0n) is 11.1. The number of benzene rings is 2. The van der Waals surface area contributed by atoms with Gasteiger partial charge in [-0.2, -0.15) is 0 Å².